The molecule has 0 unspecified atom stereocenters. The van der Waals surface area contributed by atoms with Gasteiger partial charge < -0.3 is 15.8 Å². The van der Waals surface area contributed by atoms with Crippen LogP contribution in [0.3, 0.4) is 0 Å². The van der Waals surface area contributed by atoms with Gasteiger partial charge in [-0.1, -0.05) is 12.1 Å². The molecule has 2 rings (SSSR count). The van der Waals surface area contributed by atoms with Crippen LogP contribution in [0.2, 0.25) is 0 Å². The van der Waals surface area contributed by atoms with Gasteiger partial charge in [0, 0.05) is 6.54 Å². The highest BCUT2D eigenvalue weighted by atomic mass is 19.1. The van der Waals surface area contributed by atoms with Crippen LogP contribution in [-0.4, -0.2) is 13.7 Å². The van der Waals surface area contributed by atoms with Crippen molar-refractivity contribution in [2.45, 2.75) is 6.42 Å². The molecule has 2 aromatic rings. The Hall–Kier alpha value is -2.23. The molecule has 0 aliphatic rings. The fraction of sp³-hybridized carbons (Fsp3) is 0.200. The van der Waals surface area contributed by atoms with Gasteiger partial charge in [0.1, 0.15) is 11.6 Å². The van der Waals surface area contributed by atoms with E-state index in [-0.39, 0.29) is 5.82 Å². The minimum absolute atomic E-state index is 0.323. The molecule has 0 radical (unpaired) electrons. The summed E-state index contributed by atoms with van der Waals surface area (Å²) in [6.45, 7) is 0.725. The zero-order chi connectivity index (χ0) is 13.7. The van der Waals surface area contributed by atoms with Gasteiger partial charge in [0.25, 0.3) is 0 Å². The molecule has 2 aromatic carbocycles. The number of methoxy groups -OCH3 is 1. The van der Waals surface area contributed by atoms with Crippen molar-refractivity contribution in [2.75, 3.05) is 24.7 Å². The molecule has 0 heterocycles. The number of hydrogen-bond donors (Lipinski definition) is 2. The summed E-state index contributed by atoms with van der Waals surface area (Å²) in [7, 11) is 1.65. The summed E-state index contributed by atoms with van der Waals surface area (Å²) in [4.78, 5) is 0. The number of ether oxygens (including phenoxy) is 1. The fourth-order valence-electron chi connectivity index (χ4n) is 1.86. The van der Waals surface area contributed by atoms with Crippen molar-refractivity contribution in [3.63, 3.8) is 0 Å². The van der Waals surface area contributed by atoms with Crippen molar-refractivity contribution in [1.82, 2.24) is 0 Å². The van der Waals surface area contributed by atoms with Crippen LogP contribution < -0.4 is 15.8 Å². The van der Waals surface area contributed by atoms with Crippen LogP contribution in [0.25, 0.3) is 0 Å². The van der Waals surface area contributed by atoms with E-state index in [0.717, 1.165) is 24.4 Å². The van der Waals surface area contributed by atoms with Crippen molar-refractivity contribution in [2.24, 2.45) is 0 Å². The first-order valence-electron chi connectivity index (χ1n) is 6.11. The van der Waals surface area contributed by atoms with Crippen LogP contribution in [0.15, 0.2) is 42.5 Å². The number of nitrogen functional groups attached to an aromatic ring is 1. The highest BCUT2D eigenvalue weighted by Gasteiger charge is 2.01. The molecule has 0 saturated carbocycles. The van der Waals surface area contributed by atoms with Crippen molar-refractivity contribution < 1.29 is 9.13 Å². The smallest absolute Gasteiger partial charge is 0.125 e. The van der Waals surface area contributed by atoms with Crippen molar-refractivity contribution in [3.05, 3.63) is 53.8 Å². The van der Waals surface area contributed by atoms with Gasteiger partial charge >= 0.3 is 0 Å². The Bertz CT molecular complexity index is 558. The third-order valence-electron chi connectivity index (χ3n) is 2.88. The van der Waals surface area contributed by atoms with Gasteiger partial charge in [0.15, 0.2) is 0 Å². The molecule has 0 atom stereocenters. The van der Waals surface area contributed by atoms with E-state index < -0.39 is 0 Å². The Morgan fingerprint density at radius 2 is 2.05 bits per heavy atom. The Morgan fingerprint density at radius 3 is 2.79 bits per heavy atom. The predicted molar refractivity (Wildman–Crippen MR) is 76.0 cm³/mol. The van der Waals surface area contributed by atoms with Crippen LogP contribution in [-0.2, 0) is 6.42 Å². The van der Waals surface area contributed by atoms with Crippen molar-refractivity contribution in [1.29, 1.82) is 0 Å². The zero-order valence-corrected chi connectivity index (χ0v) is 10.8. The van der Waals surface area contributed by atoms with Crippen molar-refractivity contribution >= 4 is 11.4 Å². The van der Waals surface area contributed by atoms with Gasteiger partial charge in [-0.2, -0.15) is 0 Å². The molecular formula is C15H17FN2O. The largest absolute Gasteiger partial charge is 0.497 e. The number of hydrogen-bond acceptors (Lipinski definition) is 3. The predicted octanol–water partition coefficient (Wildman–Crippen LogP) is 3.07. The summed E-state index contributed by atoms with van der Waals surface area (Å²) in [6, 6.07) is 12.3. The molecule has 0 saturated heterocycles. The van der Waals surface area contributed by atoms with Crippen LogP contribution in [0.5, 0.6) is 5.75 Å². The highest BCUT2D eigenvalue weighted by molar-refractivity contribution is 5.65. The minimum atomic E-state index is -0.323. The Labute approximate surface area is 112 Å². The monoisotopic (exact) mass is 260 g/mol. The average Bonchev–Trinajstić information content (AvgIpc) is 2.41. The maximum absolute atomic E-state index is 12.9. The number of benzene rings is 2. The fourth-order valence-corrected chi connectivity index (χ4v) is 1.86. The average molecular weight is 260 g/mol. The molecule has 19 heavy (non-hydrogen) atoms. The normalized spacial score (nSPS) is 10.2. The molecule has 0 aliphatic carbocycles. The lowest BCUT2D eigenvalue weighted by molar-refractivity contribution is 0.414. The van der Waals surface area contributed by atoms with Crippen molar-refractivity contribution in [3.8, 4) is 5.75 Å². The molecule has 0 spiro atoms. The maximum atomic E-state index is 12.9. The lowest BCUT2D eigenvalue weighted by atomic mass is 10.1. The summed E-state index contributed by atoms with van der Waals surface area (Å²) in [5, 5.41) is 3.19. The number of nitrogens with two attached hydrogens (primary N) is 1. The quantitative estimate of drug-likeness (QED) is 0.812. The third kappa shape index (κ3) is 3.61. The van der Waals surface area contributed by atoms with E-state index in [0.29, 0.717) is 5.69 Å². The van der Waals surface area contributed by atoms with Crippen LogP contribution in [0, 0.1) is 5.82 Å². The summed E-state index contributed by atoms with van der Waals surface area (Å²) >= 11 is 0. The maximum Gasteiger partial charge on any atom is 0.125 e. The van der Waals surface area contributed by atoms with E-state index >= 15 is 0 Å². The van der Waals surface area contributed by atoms with E-state index in [1.165, 1.54) is 17.7 Å². The van der Waals surface area contributed by atoms with E-state index in [2.05, 4.69) is 5.32 Å². The van der Waals surface area contributed by atoms with Gasteiger partial charge in [-0.25, -0.2) is 4.39 Å². The second kappa shape index (κ2) is 6.09. The standard InChI is InChI=1S/C15H17FN2O/c1-19-13-4-2-3-11(9-13)7-8-18-15-6-5-12(16)10-14(15)17/h2-6,9-10,18H,7-8,17H2,1H3. The Morgan fingerprint density at radius 1 is 1.21 bits per heavy atom. The van der Waals surface area contributed by atoms with Gasteiger partial charge in [-0.15, -0.1) is 0 Å². The number of nitrogens with one attached hydrogen (secondary N) is 1. The molecule has 3 N–H and O–H groups in total. The second-order valence-electron chi connectivity index (χ2n) is 4.26. The van der Waals surface area contributed by atoms with Gasteiger partial charge in [0.2, 0.25) is 0 Å². The molecule has 0 aromatic heterocycles. The summed E-state index contributed by atoms with van der Waals surface area (Å²) in [5.41, 5.74) is 8.07. The summed E-state index contributed by atoms with van der Waals surface area (Å²) in [5.74, 6) is 0.523. The molecule has 0 fully saturated rings. The molecule has 3 nitrogen and oxygen atoms in total. The van der Waals surface area contributed by atoms with Crippen LogP contribution >= 0.6 is 0 Å². The number of rotatable bonds is 5. The first-order valence-corrected chi connectivity index (χ1v) is 6.11. The van der Waals surface area contributed by atoms with Crippen LogP contribution in [0.4, 0.5) is 15.8 Å². The zero-order valence-electron chi connectivity index (χ0n) is 10.8. The molecule has 0 amide bonds. The van der Waals surface area contributed by atoms with Gasteiger partial charge in [-0.3, -0.25) is 0 Å². The van der Waals surface area contributed by atoms with E-state index in [9.17, 15) is 4.39 Å². The Kier molecular flexibility index (Phi) is 4.23. The Balaban J connectivity index is 1.92. The number of halogens is 1. The lowest BCUT2D eigenvalue weighted by Gasteiger charge is -2.10. The molecule has 0 aliphatic heterocycles. The number of anilines is 2. The molecule has 4 heteroatoms. The topological polar surface area (TPSA) is 47.3 Å². The SMILES string of the molecule is COc1cccc(CCNc2ccc(F)cc2N)c1. The molecule has 0 bridgehead atoms. The highest BCUT2D eigenvalue weighted by Crippen LogP contribution is 2.19. The van der Waals surface area contributed by atoms with E-state index in [1.54, 1.807) is 13.2 Å². The first-order chi connectivity index (χ1) is 9.19. The molecule has 100 valence electrons. The van der Waals surface area contributed by atoms with Gasteiger partial charge in [-0.05, 0) is 42.3 Å². The molecular weight excluding hydrogens is 243 g/mol. The first kappa shape index (κ1) is 13.2. The minimum Gasteiger partial charge on any atom is -0.497 e. The van der Waals surface area contributed by atoms with E-state index in [4.69, 9.17) is 10.5 Å². The van der Waals surface area contributed by atoms with E-state index in [1.807, 2.05) is 24.3 Å². The summed E-state index contributed by atoms with van der Waals surface area (Å²) in [6.07, 6.45) is 0.841. The second-order valence-corrected chi connectivity index (χ2v) is 4.26. The third-order valence-corrected chi connectivity index (χ3v) is 2.88. The summed E-state index contributed by atoms with van der Waals surface area (Å²) < 4.78 is 18.1. The van der Waals surface area contributed by atoms with Gasteiger partial charge in [0.05, 0.1) is 18.5 Å². The van der Waals surface area contributed by atoms with Crippen LogP contribution in [0.1, 0.15) is 5.56 Å². The lowest BCUT2D eigenvalue weighted by Crippen LogP contribution is -2.07.